The molecule has 2 N–H and O–H groups in total. The largest absolute Gasteiger partial charge is 0.350 e. The predicted molar refractivity (Wildman–Crippen MR) is 90.4 cm³/mol. The van der Waals surface area contributed by atoms with Crippen LogP contribution in [0, 0.1) is 17.7 Å². The highest BCUT2D eigenvalue weighted by molar-refractivity contribution is 5.95. The van der Waals surface area contributed by atoms with E-state index in [0.717, 1.165) is 0 Å². The number of nitrogens with zero attached hydrogens (tertiary/aromatic N) is 1. The number of amides is 1. The van der Waals surface area contributed by atoms with E-state index in [9.17, 15) is 14.0 Å². The molecule has 1 unspecified atom stereocenters. The number of hydrogen-bond donors (Lipinski definition) is 2. The number of rotatable bonds is 4. The van der Waals surface area contributed by atoms with Crippen molar-refractivity contribution in [2.45, 2.75) is 39.0 Å². The number of fused-ring (bicyclic) bond motifs is 1. The van der Waals surface area contributed by atoms with E-state index in [1.54, 1.807) is 0 Å². The zero-order valence-corrected chi connectivity index (χ0v) is 13.8. The Labute approximate surface area is 139 Å². The number of benzene rings is 1. The van der Waals surface area contributed by atoms with Crippen LogP contribution in [0.2, 0.25) is 0 Å². The third kappa shape index (κ3) is 3.32. The highest BCUT2D eigenvalue weighted by atomic mass is 19.1. The van der Waals surface area contributed by atoms with Crippen LogP contribution in [-0.2, 0) is 0 Å². The number of carbonyl (C=O) groups excluding carboxylic acids is 1. The molecule has 0 radical (unpaired) electrons. The number of aromatic amines is 1. The average Bonchev–Trinajstić information content (AvgIpc) is 2.61. The van der Waals surface area contributed by atoms with Gasteiger partial charge in [-0.05, 0) is 24.0 Å². The molecule has 1 aliphatic carbocycles. The second-order valence-electron chi connectivity index (χ2n) is 6.65. The first-order valence-electron chi connectivity index (χ1n) is 8.53. The van der Waals surface area contributed by atoms with Gasteiger partial charge in [-0.25, -0.2) is 4.39 Å². The maximum absolute atomic E-state index is 13.6. The van der Waals surface area contributed by atoms with E-state index < -0.39 is 17.2 Å². The fourth-order valence-corrected chi connectivity index (χ4v) is 3.48. The maximum atomic E-state index is 13.6. The number of carbonyl (C=O) groups is 1. The van der Waals surface area contributed by atoms with Crippen LogP contribution in [0.4, 0.5) is 4.39 Å². The van der Waals surface area contributed by atoms with Crippen LogP contribution in [0.15, 0.2) is 23.0 Å². The smallest absolute Gasteiger partial charge is 0.275 e. The van der Waals surface area contributed by atoms with Crippen molar-refractivity contribution in [2.24, 2.45) is 11.8 Å². The molecule has 1 amide bonds. The van der Waals surface area contributed by atoms with Crippen LogP contribution in [-0.4, -0.2) is 22.6 Å². The number of nitrogens with one attached hydrogen (secondary N) is 2. The predicted octanol–water partition coefficient (Wildman–Crippen LogP) is 3.01. The van der Waals surface area contributed by atoms with Crippen LogP contribution in [0.25, 0.3) is 10.9 Å². The third-order valence-electron chi connectivity index (χ3n) is 5.01. The summed E-state index contributed by atoms with van der Waals surface area (Å²) in [4.78, 5) is 24.7. The summed E-state index contributed by atoms with van der Waals surface area (Å²) in [5.41, 5.74) is -0.746. The molecule has 0 spiro atoms. The number of aromatic nitrogens is 2. The minimum absolute atomic E-state index is 0.0228. The molecule has 128 valence electrons. The lowest BCUT2D eigenvalue weighted by molar-refractivity contribution is 0.0933. The molecule has 1 saturated carbocycles. The average molecular weight is 331 g/mol. The lowest BCUT2D eigenvalue weighted by Crippen LogP contribution is -2.35. The Hall–Kier alpha value is -2.24. The molecule has 3 rings (SSSR count). The first-order chi connectivity index (χ1) is 11.6. The van der Waals surface area contributed by atoms with Crippen LogP contribution >= 0.6 is 0 Å². The topological polar surface area (TPSA) is 74.8 Å². The van der Waals surface area contributed by atoms with Gasteiger partial charge in [-0.3, -0.25) is 14.7 Å². The van der Waals surface area contributed by atoms with Crippen molar-refractivity contribution in [3.8, 4) is 0 Å². The lowest BCUT2D eigenvalue weighted by atomic mass is 9.81. The molecule has 0 saturated heterocycles. The Morgan fingerprint density at radius 3 is 2.88 bits per heavy atom. The SMILES string of the molecule is CC(CNC(=O)c1n[nH]c2c(F)cccc2c1=O)C1CCCCC1. The molecule has 6 heteroatoms. The number of halogens is 1. The van der Waals surface area contributed by atoms with Crippen molar-refractivity contribution < 1.29 is 9.18 Å². The van der Waals surface area contributed by atoms with E-state index in [2.05, 4.69) is 22.4 Å². The Bertz CT molecular complexity index is 796. The van der Waals surface area contributed by atoms with E-state index in [1.165, 1.54) is 50.3 Å². The molecule has 24 heavy (non-hydrogen) atoms. The minimum Gasteiger partial charge on any atom is -0.350 e. The van der Waals surface area contributed by atoms with Crippen molar-refractivity contribution in [1.82, 2.24) is 15.5 Å². The van der Waals surface area contributed by atoms with E-state index in [0.29, 0.717) is 18.4 Å². The van der Waals surface area contributed by atoms with Crippen LogP contribution in [0.3, 0.4) is 0 Å². The first kappa shape index (κ1) is 16.6. The van der Waals surface area contributed by atoms with Gasteiger partial charge in [0.05, 0.1) is 5.39 Å². The first-order valence-corrected chi connectivity index (χ1v) is 8.53. The van der Waals surface area contributed by atoms with E-state index in [-0.39, 0.29) is 16.6 Å². The van der Waals surface area contributed by atoms with Crippen LogP contribution in [0.1, 0.15) is 49.5 Å². The molecule has 1 heterocycles. The molecule has 1 atom stereocenters. The van der Waals surface area contributed by atoms with E-state index in [4.69, 9.17) is 0 Å². The number of H-pyrrole nitrogens is 1. The molecular weight excluding hydrogens is 309 g/mol. The summed E-state index contributed by atoms with van der Waals surface area (Å²) in [5, 5.41) is 9.18. The van der Waals surface area contributed by atoms with E-state index >= 15 is 0 Å². The molecule has 0 aliphatic heterocycles. The van der Waals surface area contributed by atoms with Gasteiger partial charge in [0.2, 0.25) is 5.43 Å². The molecule has 2 aromatic rings. The monoisotopic (exact) mass is 331 g/mol. The molecule has 1 aromatic heterocycles. The molecule has 5 nitrogen and oxygen atoms in total. The Kier molecular flexibility index (Phi) is 4.92. The van der Waals surface area contributed by atoms with Gasteiger partial charge >= 0.3 is 0 Å². The van der Waals surface area contributed by atoms with Crippen molar-refractivity contribution in [1.29, 1.82) is 0 Å². The van der Waals surface area contributed by atoms with Gasteiger partial charge in [0.1, 0.15) is 11.3 Å². The van der Waals surface area contributed by atoms with Crippen molar-refractivity contribution in [2.75, 3.05) is 6.54 Å². The summed E-state index contributed by atoms with van der Waals surface area (Å²) in [7, 11) is 0. The van der Waals surface area contributed by atoms with E-state index in [1.807, 2.05) is 0 Å². The molecule has 1 fully saturated rings. The normalized spacial score (nSPS) is 16.9. The summed E-state index contributed by atoms with van der Waals surface area (Å²) in [6.07, 6.45) is 6.19. The van der Waals surface area contributed by atoms with Crippen molar-refractivity contribution in [3.63, 3.8) is 0 Å². The number of para-hydroxylation sites is 1. The second kappa shape index (κ2) is 7.11. The minimum atomic E-state index is -0.560. The van der Waals surface area contributed by atoms with Gasteiger partial charge < -0.3 is 5.32 Å². The van der Waals surface area contributed by atoms with Crippen LogP contribution in [0.5, 0.6) is 0 Å². The van der Waals surface area contributed by atoms with Crippen LogP contribution < -0.4 is 10.7 Å². The Balaban J connectivity index is 1.72. The second-order valence-corrected chi connectivity index (χ2v) is 6.65. The van der Waals surface area contributed by atoms with Crippen molar-refractivity contribution >= 4 is 16.8 Å². The fraction of sp³-hybridized carbons (Fsp3) is 0.500. The highest BCUT2D eigenvalue weighted by Crippen LogP contribution is 2.29. The third-order valence-corrected chi connectivity index (χ3v) is 5.01. The van der Waals surface area contributed by atoms with Gasteiger partial charge in [-0.1, -0.05) is 45.1 Å². The summed E-state index contributed by atoms with van der Waals surface area (Å²) in [6, 6.07) is 4.17. The zero-order chi connectivity index (χ0) is 17.1. The molecule has 0 bridgehead atoms. The van der Waals surface area contributed by atoms with Gasteiger partial charge in [0, 0.05) is 6.54 Å². The number of hydrogen-bond acceptors (Lipinski definition) is 3. The molecule has 1 aliphatic rings. The Morgan fingerprint density at radius 1 is 1.38 bits per heavy atom. The molecule has 1 aromatic carbocycles. The maximum Gasteiger partial charge on any atom is 0.275 e. The summed E-state index contributed by atoms with van der Waals surface area (Å²) < 4.78 is 13.6. The van der Waals surface area contributed by atoms with Crippen molar-refractivity contribution in [3.05, 3.63) is 39.9 Å². The summed E-state index contributed by atoms with van der Waals surface area (Å²) in [5.74, 6) is -0.0812. The summed E-state index contributed by atoms with van der Waals surface area (Å²) >= 11 is 0. The zero-order valence-electron chi connectivity index (χ0n) is 13.8. The summed E-state index contributed by atoms with van der Waals surface area (Å²) in [6.45, 7) is 2.65. The highest BCUT2D eigenvalue weighted by Gasteiger charge is 2.22. The quantitative estimate of drug-likeness (QED) is 0.904. The molecular formula is C18H22FN3O2. The fourth-order valence-electron chi connectivity index (χ4n) is 3.48. The van der Waals surface area contributed by atoms with Gasteiger partial charge in [0.25, 0.3) is 5.91 Å². The lowest BCUT2D eigenvalue weighted by Gasteiger charge is -2.27. The van der Waals surface area contributed by atoms with Gasteiger partial charge in [-0.2, -0.15) is 5.10 Å². The Morgan fingerprint density at radius 2 is 2.12 bits per heavy atom. The standard InChI is InChI=1S/C18H22FN3O2/c1-11(12-6-3-2-4-7-12)10-20-18(24)16-17(23)13-8-5-9-14(19)15(13)21-22-16/h5,8-9,11-12H,2-4,6-7,10H2,1H3,(H,20,24)(H,21,23). The van der Waals surface area contributed by atoms with Gasteiger partial charge in [0.15, 0.2) is 5.69 Å². The van der Waals surface area contributed by atoms with Gasteiger partial charge in [-0.15, -0.1) is 0 Å².